The Labute approximate surface area is 195 Å². The molecule has 0 unspecified atom stereocenters. The van der Waals surface area contributed by atoms with E-state index in [2.05, 4.69) is 5.32 Å². The lowest BCUT2D eigenvalue weighted by Gasteiger charge is -2.17. The number of nitrogens with one attached hydrogen (secondary N) is 1. The molecule has 33 heavy (non-hydrogen) atoms. The number of para-hydroxylation sites is 1. The van der Waals surface area contributed by atoms with Crippen molar-refractivity contribution in [2.45, 2.75) is 0 Å². The standard InChI is InChI=1S/C25H20ClN3O4/c1-28(18-6-4-3-5-7-18)23(30)16-8-10-17(11-9-16)27-22-21(26)24(31)29(25(22)32)19-12-14-20(33-2)15-13-19/h3-15,27H,1-2H3. The van der Waals surface area contributed by atoms with Crippen molar-refractivity contribution < 1.29 is 19.1 Å². The molecule has 0 aromatic heterocycles. The maximum absolute atomic E-state index is 12.9. The van der Waals surface area contributed by atoms with Crippen molar-refractivity contribution in [1.29, 1.82) is 0 Å². The zero-order valence-electron chi connectivity index (χ0n) is 17.9. The van der Waals surface area contributed by atoms with Gasteiger partial charge in [0.15, 0.2) is 0 Å². The number of halogens is 1. The smallest absolute Gasteiger partial charge is 0.283 e. The molecule has 4 rings (SSSR count). The second-order valence-corrected chi connectivity index (χ2v) is 7.61. The van der Waals surface area contributed by atoms with Crippen LogP contribution in [0, 0.1) is 0 Å². The van der Waals surface area contributed by atoms with Crippen LogP contribution in [0.3, 0.4) is 0 Å². The summed E-state index contributed by atoms with van der Waals surface area (Å²) < 4.78 is 5.11. The van der Waals surface area contributed by atoms with Gasteiger partial charge in [-0.3, -0.25) is 14.4 Å². The van der Waals surface area contributed by atoms with Crippen LogP contribution in [0.1, 0.15) is 10.4 Å². The van der Waals surface area contributed by atoms with Crippen molar-refractivity contribution in [3.8, 4) is 5.75 Å². The van der Waals surface area contributed by atoms with Gasteiger partial charge in [0, 0.05) is 24.0 Å². The van der Waals surface area contributed by atoms with Gasteiger partial charge in [-0.1, -0.05) is 29.8 Å². The van der Waals surface area contributed by atoms with Crippen LogP contribution in [0.15, 0.2) is 89.6 Å². The van der Waals surface area contributed by atoms with Crippen molar-refractivity contribution in [3.05, 3.63) is 95.2 Å². The summed E-state index contributed by atoms with van der Waals surface area (Å²) in [4.78, 5) is 40.8. The second-order valence-electron chi connectivity index (χ2n) is 7.23. The Hall–Kier alpha value is -4.10. The van der Waals surface area contributed by atoms with Crippen LogP contribution < -0.4 is 19.9 Å². The molecule has 166 valence electrons. The van der Waals surface area contributed by atoms with Gasteiger partial charge < -0.3 is 15.0 Å². The van der Waals surface area contributed by atoms with Crippen molar-refractivity contribution in [1.82, 2.24) is 0 Å². The number of hydrogen-bond acceptors (Lipinski definition) is 5. The van der Waals surface area contributed by atoms with E-state index in [0.29, 0.717) is 22.7 Å². The number of benzene rings is 3. The highest BCUT2D eigenvalue weighted by molar-refractivity contribution is 6.53. The van der Waals surface area contributed by atoms with Gasteiger partial charge in [-0.15, -0.1) is 0 Å². The van der Waals surface area contributed by atoms with Crippen LogP contribution in [-0.2, 0) is 9.59 Å². The largest absolute Gasteiger partial charge is 0.497 e. The molecule has 0 bridgehead atoms. The lowest BCUT2D eigenvalue weighted by atomic mass is 10.1. The lowest BCUT2D eigenvalue weighted by Crippen LogP contribution is -2.32. The maximum atomic E-state index is 12.9. The lowest BCUT2D eigenvalue weighted by molar-refractivity contribution is -0.120. The fourth-order valence-corrected chi connectivity index (χ4v) is 3.59. The molecule has 1 N–H and O–H groups in total. The predicted molar refractivity (Wildman–Crippen MR) is 128 cm³/mol. The first-order valence-corrected chi connectivity index (χ1v) is 10.4. The van der Waals surface area contributed by atoms with Gasteiger partial charge in [-0.2, -0.15) is 0 Å². The number of amides is 3. The van der Waals surface area contributed by atoms with E-state index in [1.54, 1.807) is 60.5 Å². The number of anilines is 3. The summed E-state index contributed by atoms with van der Waals surface area (Å²) in [5.74, 6) is -0.768. The molecule has 1 aliphatic heterocycles. The highest BCUT2D eigenvalue weighted by Gasteiger charge is 2.39. The molecule has 3 aromatic rings. The molecular formula is C25H20ClN3O4. The van der Waals surface area contributed by atoms with E-state index in [4.69, 9.17) is 16.3 Å². The molecule has 0 spiro atoms. The van der Waals surface area contributed by atoms with Gasteiger partial charge in [0.2, 0.25) is 0 Å². The van der Waals surface area contributed by atoms with Crippen LogP contribution in [0.4, 0.5) is 17.1 Å². The predicted octanol–water partition coefficient (Wildman–Crippen LogP) is 4.41. The summed E-state index contributed by atoms with van der Waals surface area (Å²) in [5, 5.41) is 2.70. The average molecular weight is 462 g/mol. The zero-order valence-corrected chi connectivity index (χ0v) is 18.7. The number of hydrogen-bond donors (Lipinski definition) is 1. The van der Waals surface area contributed by atoms with E-state index in [1.165, 1.54) is 7.11 Å². The first kappa shape index (κ1) is 22.1. The molecule has 0 aliphatic carbocycles. The molecule has 0 atom stereocenters. The topological polar surface area (TPSA) is 79.0 Å². The molecule has 8 heteroatoms. The van der Waals surface area contributed by atoms with Crippen molar-refractivity contribution in [2.24, 2.45) is 0 Å². The first-order chi connectivity index (χ1) is 15.9. The highest BCUT2D eigenvalue weighted by Crippen LogP contribution is 2.31. The number of ether oxygens (including phenoxy) is 1. The van der Waals surface area contributed by atoms with Crippen LogP contribution in [-0.4, -0.2) is 31.9 Å². The summed E-state index contributed by atoms with van der Waals surface area (Å²) in [6, 6.07) is 22.4. The Morgan fingerprint density at radius 2 is 1.55 bits per heavy atom. The number of rotatable bonds is 6. The molecule has 1 aliphatic rings. The Bertz CT molecular complexity index is 1240. The molecule has 0 fully saturated rings. The summed E-state index contributed by atoms with van der Waals surface area (Å²) in [6.45, 7) is 0. The monoisotopic (exact) mass is 461 g/mol. The quantitative estimate of drug-likeness (QED) is 0.550. The van der Waals surface area contributed by atoms with Gasteiger partial charge in [0.1, 0.15) is 16.5 Å². The zero-order chi connectivity index (χ0) is 23.5. The van der Waals surface area contributed by atoms with Gasteiger partial charge in [-0.25, -0.2) is 4.90 Å². The Morgan fingerprint density at radius 1 is 0.909 bits per heavy atom. The number of carbonyl (C=O) groups excluding carboxylic acids is 3. The van der Waals surface area contributed by atoms with E-state index in [0.717, 1.165) is 10.6 Å². The molecule has 0 radical (unpaired) electrons. The Balaban J connectivity index is 1.50. The fraction of sp³-hybridized carbons (Fsp3) is 0.0800. The van der Waals surface area contributed by atoms with E-state index in [1.807, 2.05) is 30.3 Å². The van der Waals surface area contributed by atoms with E-state index in [9.17, 15) is 14.4 Å². The van der Waals surface area contributed by atoms with Crippen LogP contribution >= 0.6 is 11.6 Å². The minimum absolute atomic E-state index is 0.0297. The normalized spacial score (nSPS) is 13.4. The van der Waals surface area contributed by atoms with Gasteiger partial charge in [-0.05, 0) is 60.7 Å². The molecule has 3 amide bonds. The minimum Gasteiger partial charge on any atom is -0.497 e. The minimum atomic E-state index is -0.620. The molecule has 7 nitrogen and oxygen atoms in total. The summed E-state index contributed by atoms with van der Waals surface area (Å²) in [7, 11) is 3.23. The van der Waals surface area contributed by atoms with E-state index >= 15 is 0 Å². The number of imide groups is 1. The molecule has 3 aromatic carbocycles. The van der Waals surface area contributed by atoms with Gasteiger partial charge in [0.25, 0.3) is 17.7 Å². The fourth-order valence-electron chi connectivity index (χ4n) is 3.38. The third-order valence-corrected chi connectivity index (χ3v) is 5.56. The SMILES string of the molecule is COc1ccc(N2C(=O)C(Cl)=C(Nc3ccc(C(=O)N(C)c4ccccc4)cc3)C2=O)cc1. The number of nitrogens with zero attached hydrogens (tertiary/aromatic N) is 2. The van der Waals surface area contributed by atoms with E-state index < -0.39 is 11.8 Å². The summed E-state index contributed by atoms with van der Waals surface area (Å²) in [6.07, 6.45) is 0. The van der Waals surface area contributed by atoms with Crippen molar-refractivity contribution in [2.75, 3.05) is 29.3 Å². The van der Waals surface area contributed by atoms with Crippen LogP contribution in [0.25, 0.3) is 0 Å². The molecule has 0 saturated heterocycles. The second kappa shape index (κ2) is 9.18. The Morgan fingerprint density at radius 3 is 2.15 bits per heavy atom. The number of carbonyl (C=O) groups is 3. The van der Waals surface area contributed by atoms with Crippen molar-refractivity contribution >= 4 is 46.4 Å². The van der Waals surface area contributed by atoms with Crippen LogP contribution in [0.5, 0.6) is 5.75 Å². The van der Waals surface area contributed by atoms with Crippen LogP contribution in [0.2, 0.25) is 0 Å². The van der Waals surface area contributed by atoms with Crippen molar-refractivity contribution in [3.63, 3.8) is 0 Å². The molecule has 1 heterocycles. The highest BCUT2D eigenvalue weighted by atomic mass is 35.5. The van der Waals surface area contributed by atoms with Gasteiger partial charge in [0.05, 0.1) is 12.8 Å². The first-order valence-electron chi connectivity index (χ1n) is 10.0. The third kappa shape index (κ3) is 4.31. The molecule has 0 saturated carbocycles. The molecular weight excluding hydrogens is 442 g/mol. The maximum Gasteiger partial charge on any atom is 0.283 e. The summed E-state index contributed by atoms with van der Waals surface area (Å²) >= 11 is 6.19. The average Bonchev–Trinajstić information content (AvgIpc) is 3.07. The van der Waals surface area contributed by atoms with E-state index in [-0.39, 0.29) is 16.6 Å². The summed E-state index contributed by atoms with van der Waals surface area (Å²) in [5.41, 5.74) is 2.11. The Kier molecular flexibility index (Phi) is 6.15. The number of methoxy groups -OCH3 is 1. The van der Waals surface area contributed by atoms with Gasteiger partial charge >= 0.3 is 0 Å². The third-order valence-electron chi connectivity index (χ3n) is 5.21.